The van der Waals surface area contributed by atoms with Crippen molar-refractivity contribution in [3.05, 3.63) is 69.7 Å². The number of rotatable bonds is 6. The summed E-state index contributed by atoms with van der Waals surface area (Å²) in [4.78, 5) is 26.5. The lowest BCUT2D eigenvalue weighted by molar-refractivity contribution is -0.180. The molecule has 1 amide bonds. The average molecular weight is 448 g/mol. The molecule has 0 spiro atoms. The van der Waals surface area contributed by atoms with E-state index in [9.17, 15) is 14.7 Å². The molecule has 2 fully saturated rings. The van der Waals surface area contributed by atoms with E-state index in [-0.39, 0.29) is 18.4 Å². The molecule has 2 aliphatic rings. The molecule has 1 saturated heterocycles. The molecule has 4 rings (SSSR count). The van der Waals surface area contributed by atoms with Crippen LogP contribution >= 0.6 is 23.2 Å². The minimum absolute atomic E-state index is 0.275. The maximum atomic E-state index is 13.3. The van der Waals surface area contributed by atoms with Gasteiger partial charge in [-0.1, -0.05) is 53.9 Å². The molecule has 0 aromatic heterocycles. The summed E-state index contributed by atoms with van der Waals surface area (Å²) >= 11 is 12.3. The highest BCUT2D eigenvalue weighted by Crippen LogP contribution is 2.44. The first kappa shape index (κ1) is 21.2. The highest BCUT2D eigenvalue weighted by molar-refractivity contribution is 6.30. The summed E-state index contributed by atoms with van der Waals surface area (Å²) in [6.07, 6.45) is 1.37. The highest BCUT2D eigenvalue weighted by atomic mass is 35.5. The summed E-state index contributed by atoms with van der Waals surface area (Å²) < 4.78 is 6.15. The number of aliphatic carboxylic acids is 1. The second-order valence-electron chi connectivity index (χ2n) is 7.98. The number of ether oxygens (including phenoxy) is 1. The maximum absolute atomic E-state index is 13.3. The van der Waals surface area contributed by atoms with Gasteiger partial charge in [0.05, 0.1) is 12.5 Å². The van der Waals surface area contributed by atoms with Crippen molar-refractivity contribution in [2.75, 3.05) is 6.54 Å². The SMILES string of the molecule is O=C(O)CC1OC(c2cccc(Cl)c2)C(c2ccc(Cl)cc2)N(CC2CCC2)C1=O. The lowest BCUT2D eigenvalue weighted by Crippen LogP contribution is -2.53. The van der Waals surface area contributed by atoms with E-state index in [2.05, 4.69) is 0 Å². The number of hydrogen-bond acceptors (Lipinski definition) is 3. The number of carboxylic acids is 1. The van der Waals surface area contributed by atoms with Crippen molar-refractivity contribution in [1.82, 2.24) is 4.90 Å². The average Bonchev–Trinajstić information content (AvgIpc) is 2.67. The fourth-order valence-corrected chi connectivity index (χ4v) is 4.53. The van der Waals surface area contributed by atoms with E-state index in [1.54, 1.807) is 18.2 Å². The summed E-state index contributed by atoms with van der Waals surface area (Å²) in [6.45, 7) is 0.586. The zero-order valence-electron chi connectivity index (χ0n) is 16.3. The van der Waals surface area contributed by atoms with E-state index in [4.69, 9.17) is 27.9 Å². The maximum Gasteiger partial charge on any atom is 0.306 e. The van der Waals surface area contributed by atoms with Gasteiger partial charge in [0.1, 0.15) is 12.2 Å². The van der Waals surface area contributed by atoms with E-state index in [1.165, 1.54) is 0 Å². The number of benzene rings is 2. The summed E-state index contributed by atoms with van der Waals surface area (Å²) in [5.74, 6) is -0.915. The topological polar surface area (TPSA) is 66.8 Å². The van der Waals surface area contributed by atoms with Crippen LogP contribution < -0.4 is 0 Å². The highest BCUT2D eigenvalue weighted by Gasteiger charge is 2.45. The van der Waals surface area contributed by atoms with Crippen LogP contribution in [0.5, 0.6) is 0 Å². The predicted molar refractivity (Wildman–Crippen MR) is 115 cm³/mol. The molecule has 2 aromatic rings. The van der Waals surface area contributed by atoms with Gasteiger partial charge in [0.2, 0.25) is 0 Å². The van der Waals surface area contributed by atoms with Crippen LogP contribution in [0.1, 0.15) is 49.0 Å². The van der Waals surface area contributed by atoms with Crippen LogP contribution in [-0.4, -0.2) is 34.5 Å². The number of carbonyl (C=O) groups excluding carboxylic acids is 1. The Morgan fingerprint density at radius 2 is 1.80 bits per heavy atom. The van der Waals surface area contributed by atoms with Crippen molar-refractivity contribution < 1.29 is 19.4 Å². The van der Waals surface area contributed by atoms with Gasteiger partial charge in [-0.3, -0.25) is 9.59 Å². The monoisotopic (exact) mass is 447 g/mol. The third-order valence-electron chi connectivity index (χ3n) is 5.92. The summed E-state index contributed by atoms with van der Waals surface area (Å²) in [5, 5.41) is 10.5. The number of hydrogen-bond donors (Lipinski definition) is 1. The first-order valence-corrected chi connectivity index (χ1v) is 10.9. The molecule has 158 valence electrons. The Morgan fingerprint density at radius 1 is 1.07 bits per heavy atom. The van der Waals surface area contributed by atoms with Crippen molar-refractivity contribution in [2.24, 2.45) is 5.92 Å². The van der Waals surface area contributed by atoms with Gasteiger partial charge in [0, 0.05) is 16.6 Å². The molecule has 0 bridgehead atoms. The Bertz CT molecular complexity index is 929. The van der Waals surface area contributed by atoms with Gasteiger partial charge in [-0.25, -0.2) is 0 Å². The third-order valence-corrected chi connectivity index (χ3v) is 6.41. The molecular formula is C23H23Cl2NO4. The Hall–Kier alpha value is -2.08. The van der Waals surface area contributed by atoms with E-state index in [0.717, 1.165) is 30.4 Å². The quantitative estimate of drug-likeness (QED) is 0.653. The first-order chi connectivity index (χ1) is 14.4. The van der Waals surface area contributed by atoms with E-state index in [0.29, 0.717) is 22.5 Å². The summed E-state index contributed by atoms with van der Waals surface area (Å²) in [6, 6.07) is 14.3. The lowest BCUT2D eigenvalue weighted by atomic mass is 9.83. The molecular weight excluding hydrogens is 425 g/mol. The van der Waals surface area contributed by atoms with Crippen LogP contribution in [0.2, 0.25) is 10.0 Å². The van der Waals surface area contributed by atoms with Gasteiger partial charge in [-0.15, -0.1) is 0 Å². The molecule has 1 aliphatic heterocycles. The van der Waals surface area contributed by atoms with E-state index >= 15 is 0 Å². The number of nitrogens with zero attached hydrogens (tertiary/aromatic N) is 1. The van der Waals surface area contributed by atoms with Crippen LogP contribution in [0.25, 0.3) is 0 Å². The van der Waals surface area contributed by atoms with Gasteiger partial charge in [-0.05, 0) is 54.2 Å². The molecule has 7 heteroatoms. The van der Waals surface area contributed by atoms with Crippen molar-refractivity contribution in [1.29, 1.82) is 0 Å². The predicted octanol–water partition coefficient (Wildman–Crippen LogP) is 5.28. The minimum atomic E-state index is -1.06. The largest absolute Gasteiger partial charge is 0.481 e. The number of morpholine rings is 1. The molecule has 1 aliphatic carbocycles. The molecule has 2 aromatic carbocycles. The van der Waals surface area contributed by atoms with E-state index in [1.807, 2.05) is 35.2 Å². The van der Waals surface area contributed by atoms with Crippen LogP contribution in [0.4, 0.5) is 0 Å². The van der Waals surface area contributed by atoms with Crippen LogP contribution in [0.15, 0.2) is 48.5 Å². The Labute approximate surface area is 185 Å². The lowest BCUT2D eigenvalue weighted by Gasteiger charge is -2.46. The normalized spacial score (nSPS) is 24.5. The fraction of sp³-hybridized carbons (Fsp3) is 0.391. The molecule has 3 unspecified atom stereocenters. The summed E-state index contributed by atoms with van der Waals surface area (Å²) in [5.41, 5.74) is 1.70. The third kappa shape index (κ3) is 4.48. The Kier molecular flexibility index (Phi) is 6.32. The van der Waals surface area contributed by atoms with Crippen molar-refractivity contribution >= 4 is 35.1 Å². The van der Waals surface area contributed by atoms with E-state index < -0.39 is 18.2 Å². The molecule has 3 atom stereocenters. The molecule has 0 radical (unpaired) electrons. The number of carboxylic acid groups (broad SMARTS) is 1. The van der Waals surface area contributed by atoms with Gasteiger partial charge in [0.15, 0.2) is 0 Å². The van der Waals surface area contributed by atoms with Gasteiger partial charge < -0.3 is 14.7 Å². The zero-order valence-corrected chi connectivity index (χ0v) is 17.9. The van der Waals surface area contributed by atoms with Crippen LogP contribution in [0.3, 0.4) is 0 Å². The fourth-order valence-electron chi connectivity index (χ4n) is 4.21. The second kappa shape index (κ2) is 8.96. The number of carbonyl (C=O) groups is 2. The Balaban J connectivity index is 1.78. The van der Waals surface area contributed by atoms with Crippen molar-refractivity contribution in [3.63, 3.8) is 0 Å². The molecule has 5 nitrogen and oxygen atoms in total. The Morgan fingerprint density at radius 3 is 2.40 bits per heavy atom. The molecule has 1 saturated carbocycles. The van der Waals surface area contributed by atoms with Crippen molar-refractivity contribution in [3.8, 4) is 0 Å². The van der Waals surface area contributed by atoms with Crippen molar-refractivity contribution in [2.45, 2.75) is 43.9 Å². The smallest absolute Gasteiger partial charge is 0.306 e. The number of amides is 1. The minimum Gasteiger partial charge on any atom is -0.481 e. The second-order valence-corrected chi connectivity index (χ2v) is 8.85. The van der Waals surface area contributed by atoms with Crippen LogP contribution in [0, 0.1) is 5.92 Å². The molecule has 1 heterocycles. The molecule has 1 N–H and O–H groups in total. The standard InChI is InChI=1S/C23H23Cl2NO4/c24-17-9-7-15(8-10-17)21-22(16-5-2-6-18(25)11-16)30-19(12-20(27)28)23(29)26(21)13-14-3-1-4-14/h2,5-11,14,19,21-22H,1,3-4,12-13H2,(H,27,28). The van der Waals surface area contributed by atoms with Crippen LogP contribution in [-0.2, 0) is 14.3 Å². The van der Waals surface area contributed by atoms with Gasteiger partial charge >= 0.3 is 5.97 Å². The number of halogens is 2. The molecule has 30 heavy (non-hydrogen) atoms. The summed E-state index contributed by atoms with van der Waals surface area (Å²) in [7, 11) is 0. The van der Waals surface area contributed by atoms with Gasteiger partial charge in [-0.2, -0.15) is 0 Å². The first-order valence-electron chi connectivity index (χ1n) is 10.1. The van der Waals surface area contributed by atoms with Gasteiger partial charge in [0.25, 0.3) is 5.91 Å². The zero-order chi connectivity index (χ0) is 21.3.